The van der Waals surface area contributed by atoms with Crippen LogP contribution in [0.15, 0.2) is 48.5 Å². The number of nitrogens with one attached hydrogen (secondary N) is 2. The molecule has 3 N–H and O–H groups in total. The summed E-state index contributed by atoms with van der Waals surface area (Å²) in [5.41, 5.74) is 2.60. The lowest BCUT2D eigenvalue weighted by molar-refractivity contribution is -0.148. The highest BCUT2D eigenvalue weighted by Gasteiger charge is 2.72. The summed E-state index contributed by atoms with van der Waals surface area (Å²) < 4.78 is 34.0. The van der Waals surface area contributed by atoms with Gasteiger partial charge < -0.3 is 20.5 Å². The molecule has 0 radical (unpaired) electrons. The second-order valence-electron chi connectivity index (χ2n) is 9.05. The van der Waals surface area contributed by atoms with Crippen LogP contribution in [0.25, 0.3) is 11.1 Å². The summed E-state index contributed by atoms with van der Waals surface area (Å²) >= 11 is 0. The molecule has 0 heterocycles. The number of alkyl carbamates (subject to hydrolysis) is 1. The van der Waals surface area contributed by atoms with Crippen molar-refractivity contribution in [2.45, 2.75) is 44.1 Å². The number of amides is 2. The zero-order chi connectivity index (χ0) is 25.4. The largest absolute Gasteiger partial charge is 0.480 e. The predicted octanol–water partition coefficient (Wildman–Crippen LogP) is 4.17. The summed E-state index contributed by atoms with van der Waals surface area (Å²) in [6.45, 7) is 2.72. The van der Waals surface area contributed by atoms with E-state index >= 15 is 0 Å². The number of carboxylic acid groups (broad SMARTS) is 1. The fraction of sp³-hybridized carbons (Fsp3) is 0.423. The molecule has 2 atom stereocenters. The van der Waals surface area contributed by atoms with Crippen molar-refractivity contribution in [1.82, 2.24) is 10.6 Å². The number of rotatable bonds is 9. The number of fused-ring (bicyclic) bond motifs is 3. The smallest absolute Gasteiger partial charge is 0.407 e. The van der Waals surface area contributed by atoms with E-state index < -0.39 is 47.8 Å². The van der Waals surface area contributed by atoms with E-state index in [4.69, 9.17) is 4.74 Å². The average molecular weight is 487 g/mol. The third-order valence-corrected chi connectivity index (χ3v) is 7.27. The lowest BCUT2D eigenvalue weighted by Crippen LogP contribution is -2.54. The Morgan fingerprint density at radius 3 is 2.06 bits per heavy atom. The van der Waals surface area contributed by atoms with Gasteiger partial charge in [0.15, 0.2) is 0 Å². The first-order valence-electron chi connectivity index (χ1n) is 11.7. The van der Waals surface area contributed by atoms with Gasteiger partial charge in [-0.3, -0.25) is 4.79 Å². The van der Waals surface area contributed by atoms with Crippen LogP contribution in [-0.2, 0) is 14.3 Å². The summed E-state index contributed by atoms with van der Waals surface area (Å²) in [6, 6.07) is 15.7. The van der Waals surface area contributed by atoms with Crippen molar-refractivity contribution in [2.75, 3.05) is 13.2 Å². The highest BCUT2D eigenvalue weighted by Crippen LogP contribution is 2.55. The topological polar surface area (TPSA) is 105 Å². The number of benzene rings is 2. The number of carbonyl (C=O) groups excluding carboxylic acids is 2. The predicted molar refractivity (Wildman–Crippen MR) is 124 cm³/mol. The minimum absolute atomic E-state index is 0.0406. The van der Waals surface area contributed by atoms with Crippen LogP contribution in [0.2, 0.25) is 0 Å². The van der Waals surface area contributed by atoms with Crippen molar-refractivity contribution in [3.63, 3.8) is 0 Å². The first kappa shape index (κ1) is 24.6. The molecule has 0 unspecified atom stereocenters. The number of hydrogen-bond donors (Lipinski definition) is 3. The van der Waals surface area contributed by atoms with Gasteiger partial charge in [0, 0.05) is 12.5 Å². The van der Waals surface area contributed by atoms with Gasteiger partial charge in [-0.05, 0) is 35.1 Å². The van der Waals surface area contributed by atoms with Crippen LogP contribution in [0, 0.1) is 11.8 Å². The Balaban J connectivity index is 1.33. The highest BCUT2D eigenvalue weighted by molar-refractivity contribution is 5.90. The highest BCUT2D eigenvalue weighted by atomic mass is 19.3. The quantitative estimate of drug-likeness (QED) is 0.494. The van der Waals surface area contributed by atoms with Crippen LogP contribution >= 0.6 is 0 Å². The van der Waals surface area contributed by atoms with E-state index in [0.29, 0.717) is 0 Å². The van der Waals surface area contributed by atoms with Gasteiger partial charge >= 0.3 is 12.1 Å². The lowest BCUT2D eigenvalue weighted by Gasteiger charge is -2.28. The van der Waals surface area contributed by atoms with Gasteiger partial charge in [-0.15, -0.1) is 0 Å². The third-order valence-electron chi connectivity index (χ3n) is 7.27. The Labute approximate surface area is 201 Å². The van der Waals surface area contributed by atoms with E-state index in [0.717, 1.165) is 22.3 Å². The van der Waals surface area contributed by atoms with Gasteiger partial charge in [-0.25, -0.2) is 18.4 Å². The first-order chi connectivity index (χ1) is 16.7. The number of aliphatic carboxylic acids is 1. The number of carboxylic acids is 1. The first-order valence-corrected chi connectivity index (χ1v) is 11.7. The van der Waals surface area contributed by atoms with Crippen molar-refractivity contribution in [1.29, 1.82) is 0 Å². The van der Waals surface area contributed by atoms with Gasteiger partial charge in [0.05, 0.1) is 5.92 Å². The molecule has 1 fully saturated rings. The monoisotopic (exact) mass is 486 g/mol. The second kappa shape index (κ2) is 9.28. The molecular weight excluding hydrogens is 458 g/mol. The molecule has 4 rings (SSSR count). The maximum absolute atomic E-state index is 14.3. The fourth-order valence-corrected chi connectivity index (χ4v) is 4.94. The van der Waals surface area contributed by atoms with Crippen molar-refractivity contribution < 1.29 is 33.0 Å². The molecule has 0 saturated heterocycles. The zero-order valence-corrected chi connectivity index (χ0v) is 19.5. The Kier molecular flexibility index (Phi) is 6.53. The van der Waals surface area contributed by atoms with Crippen LogP contribution in [0.1, 0.15) is 43.7 Å². The molecule has 0 aromatic heterocycles. The molecule has 2 aliphatic carbocycles. The number of carbonyl (C=O) groups is 3. The van der Waals surface area contributed by atoms with Crippen LogP contribution in [0.5, 0.6) is 0 Å². The Morgan fingerprint density at radius 2 is 1.54 bits per heavy atom. The molecule has 2 amide bonds. The molecule has 7 nitrogen and oxygen atoms in total. The van der Waals surface area contributed by atoms with Crippen LogP contribution in [0.3, 0.4) is 0 Å². The third kappa shape index (κ3) is 4.35. The Hall–Kier alpha value is -3.49. The van der Waals surface area contributed by atoms with Gasteiger partial charge in [0.25, 0.3) is 5.92 Å². The summed E-state index contributed by atoms with van der Waals surface area (Å²) in [5.74, 6) is -8.93. The molecule has 0 spiro atoms. The zero-order valence-electron chi connectivity index (χ0n) is 19.5. The van der Waals surface area contributed by atoms with Crippen molar-refractivity contribution in [2.24, 2.45) is 11.8 Å². The molecule has 35 heavy (non-hydrogen) atoms. The van der Waals surface area contributed by atoms with E-state index in [1.54, 1.807) is 13.8 Å². The molecule has 2 aromatic carbocycles. The van der Waals surface area contributed by atoms with Gasteiger partial charge in [0.1, 0.15) is 18.1 Å². The maximum Gasteiger partial charge on any atom is 0.407 e. The SMILES string of the molecule is CCC(CC)(NC(=O)[C@@H]1[C@H](CNC(=O)OCC2c3ccccc3-c3ccccc32)C1(F)F)C(=O)O. The maximum atomic E-state index is 14.3. The molecular formula is C26H28F2N2O5. The van der Waals surface area contributed by atoms with Crippen LogP contribution in [-0.4, -0.2) is 47.7 Å². The molecule has 2 aromatic rings. The standard InChI is InChI=1S/C26H28F2N2O5/c1-3-25(4-2,23(32)33)30-22(31)21-20(26(21,27)28)13-29-24(34)35-14-19-17-11-7-5-9-15(17)16-10-6-8-12-18(16)19/h5-12,19-21H,3-4,13-14H2,1-2H3,(H,29,34)(H,30,31)(H,32,33)/t20-,21-/m0/s1. The summed E-state index contributed by atoms with van der Waals surface area (Å²) in [4.78, 5) is 36.3. The molecule has 1 saturated carbocycles. The van der Waals surface area contributed by atoms with Gasteiger partial charge in [0.2, 0.25) is 5.91 Å². The summed E-state index contributed by atoms with van der Waals surface area (Å²) in [5, 5.41) is 14.1. The van der Waals surface area contributed by atoms with E-state index in [2.05, 4.69) is 10.6 Å². The normalized spacial score (nSPS) is 19.9. The second-order valence-corrected chi connectivity index (χ2v) is 9.05. The number of hydrogen-bond acceptors (Lipinski definition) is 4. The van der Waals surface area contributed by atoms with Crippen molar-refractivity contribution in [3.8, 4) is 11.1 Å². The number of alkyl halides is 2. The van der Waals surface area contributed by atoms with Crippen molar-refractivity contribution >= 4 is 18.0 Å². The Bertz CT molecular complexity index is 1100. The fourth-order valence-electron chi connectivity index (χ4n) is 4.94. The summed E-state index contributed by atoms with van der Waals surface area (Å²) in [6.07, 6.45) is -0.729. The molecule has 9 heteroatoms. The molecule has 0 aliphatic heterocycles. The van der Waals surface area contributed by atoms with Crippen LogP contribution in [0.4, 0.5) is 13.6 Å². The van der Waals surface area contributed by atoms with Gasteiger partial charge in [-0.2, -0.15) is 0 Å². The van der Waals surface area contributed by atoms with Crippen LogP contribution < -0.4 is 10.6 Å². The van der Waals surface area contributed by atoms with Gasteiger partial charge in [-0.1, -0.05) is 62.4 Å². The van der Waals surface area contributed by atoms with E-state index in [1.807, 2.05) is 48.5 Å². The average Bonchev–Trinajstić information content (AvgIpc) is 3.26. The lowest BCUT2D eigenvalue weighted by atomic mass is 9.92. The summed E-state index contributed by atoms with van der Waals surface area (Å²) in [7, 11) is 0. The minimum Gasteiger partial charge on any atom is -0.480 e. The Morgan fingerprint density at radius 1 is 1.00 bits per heavy atom. The number of halogens is 2. The van der Waals surface area contributed by atoms with E-state index in [-0.39, 0.29) is 25.4 Å². The molecule has 2 aliphatic rings. The van der Waals surface area contributed by atoms with Crippen molar-refractivity contribution in [3.05, 3.63) is 59.7 Å². The van der Waals surface area contributed by atoms with E-state index in [9.17, 15) is 28.3 Å². The molecule has 186 valence electrons. The van der Waals surface area contributed by atoms with E-state index in [1.165, 1.54) is 0 Å². The minimum atomic E-state index is -3.34. The molecule has 0 bridgehead atoms. The number of ether oxygens (including phenoxy) is 1.